The Morgan fingerprint density at radius 3 is 3.00 bits per heavy atom. The zero-order valence-corrected chi connectivity index (χ0v) is 10.5. The first-order valence-corrected chi connectivity index (χ1v) is 6.45. The van der Waals surface area contributed by atoms with Crippen molar-refractivity contribution >= 4 is 0 Å². The highest BCUT2D eigenvalue weighted by Crippen LogP contribution is 2.21. The van der Waals surface area contributed by atoms with Gasteiger partial charge in [0.2, 0.25) is 0 Å². The summed E-state index contributed by atoms with van der Waals surface area (Å²) in [5, 5.41) is 4.39. The predicted molar refractivity (Wildman–Crippen MR) is 69.3 cm³/mol. The van der Waals surface area contributed by atoms with Gasteiger partial charge in [-0.25, -0.2) is 0 Å². The van der Waals surface area contributed by atoms with E-state index in [1.54, 1.807) is 0 Å². The van der Waals surface area contributed by atoms with Crippen LogP contribution in [-0.4, -0.2) is 28.0 Å². The van der Waals surface area contributed by atoms with Crippen LogP contribution in [0.5, 0.6) is 0 Å². The second kappa shape index (κ2) is 4.90. The molecule has 18 heavy (non-hydrogen) atoms. The summed E-state index contributed by atoms with van der Waals surface area (Å²) in [6, 6.07) is 6.59. The summed E-state index contributed by atoms with van der Waals surface area (Å²) in [5.74, 6) is 0. The van der Waals surface area contributed by atoms with Gasteiger partial charge in [0.05, 0.1) is 31.1 Å². The third-order valence-electron chi connectivity index (χ3n) is 3.20. The van der Waals surface area contributed by atoms with Crippen molar-refractivity contribution in [1.82, 2.24) is 14.8 Å². The summed E-state index contributed by atoms with van der Waals surface area (Å²) in [5.41, 5.74) is 3.24. The number of hydrogen-bond acceptors (Lipinski definition) is 3. The summed E-state index contributed by atoms with van der Waals surface area (Å²) in [6.45, 7) is 3.71. The first-order valence-electron chi connectivity index (χ1n) is 6.45. The molecule has 3 heterocycles. The Kier molecular flexibility index (Phi) is 3.11. The molecule has 0 aromatic carbocycles. The molecule has 0 spiro atoms. The van der Waals surface area contributed by atoms with Gasteiger partial charge in [0.15, 0.2) is 0 Å². The lowest BCUT2D eigenvalue weighted by Crippen LogP contribution is -2.30. The van der Waals surface area contributed by atoms with Crippen LogP contribution >= 0.6 is 0 Å². The van der Waals surface area contributed by atoms with Gasteiger partial charge < -0.3 is 4.74 Å². The van der Waals surface area contributed by atoms with E-state index in [1.807, 2.05) is 16.9 Å². The zero-order valence-electron chi connectivity index (χ0n) is 10.5. The molecular weight excluding hydrogens is 226 g/mol. The number of aryl methyl sites for hydroxylation is 1. The fourth-order valence-corrected chi connectivity index (χ4v) is 2.08. The first kappa shape index (κ1) is 11.4. The predicted octanol–water partition coefficient (Wildman–Crippen LogP) is 2.47. The second-order valence-corrected chi connectivity index (χ2v) is 4.66. The van der Waals surface area contributed by atoms with Gasteiger partial charge in [0.25, 0.3) is 0 Å². The highest BCUT2D eigenvalue weighted by Gasteiger charge is 2.21. The first-order chi connectivity index (χ1) is 8.86. The molecule has 0 amide bonds. The molecular formula is C14H17N3O. The molecule has 0 saturated carbocycles. The lowest BCUT2D eigenvalue weighted by molar-refractivity contribution is -0.0286. The molecule has 0 bridgehead atoms. The maximum atomic E-state index is 5.18. The molecule has 0 unspecified atom stereocenters. The van der Waals surface area contributed by atoms with Crippen LogP contribution in [0.25, 0.3) is 11.3 Å². The molecule has 2 aromatic heterocycles. The van der Waals surface area contributed by atoms with Crippen LogP contribution in [0.2, 0.25) is 0 Å². The Bertz CT molecular complexity index is 531. The smallest absolute Gasteiger partial charge is 0.0985 e. The Hall–Kier alpha value is -1.68. The van der Waals surface area contributed by atoms with E-state index >= 15 is 0 Å². The van der Waals surface area contributed by atoms with Crippen molar-refractivity contribution in [3.8, 4) is 11.3 Å². The Balaban J connectivity index is 1.84. The van der Waals surface area contributed by atoms with Crippen LogP contribution in [-0.2, 0) is 11.2 Å². The van der Waals surface area contributed by atoms with Crippen molar-refractivity contribution in [2.75, 3.05) is 13.2 Å². The summed E-state index contributed by atoms with van der Waals surface area (Å²) in [4.78, 5) is 4.66. The average molecular weight is 243 g/mol. The third-order valence-corrected chi connectivity index (χ3v) is 3.20. The van der Waals surface area contributed by atoms with Crippen LogP contribution in [0, 0.1) is 0 Å². The van der Waals surface area contributed by atoms with Gasteiger partial charge in [-0.15, -0.1) is 0 Å². The Morgan fingerprint density at radius 2 is 2.28 bits per heavy atom. The largest absolute Gasteiger partial charge is 0.377 e. The average Bonchev–Trinajstić information content (AvgIpc) is 2.77. The van der Waals surface area contributed by atoms with Crippen molar-refractivity contribution in [3.63, 3.8) is 0 Å². The van der Waals surface area contributed by atoms with Crippen LogP contribution in [0.3, 0.4) is 0 Å². The van der Waals surface area contributed by atoms with Crippen molar-refractivity contribution in [2.24, 2.45) is 0 Å². The van der Waals surface area contributed by atoms with Gasteiger partial charge in [0, 0.05) is 17.5 Å². The Labute approximate surface area is 107 Å². The molecule has 0 atom stereocenters. The molecule has 4 heteroatoms. The molecule has 1 saturated heterocycles. The van der Waals surface area contributed by atoms with E-state index in [4.69, 9.17) is 4.74 Å². The summed E-state index contributed by atoms with van der Waals surface area (Å²) >= 11 is 0. The summed E-state index contributed by atoms with van der Waals surface area (Å²) in [7, 11) is 0. The minimum Gasteiger partial charge on any atom is -0.377 e. The molecule has 2 aromatic rings. The van der Waals surface area contributed by atoms with E-state index in [0.29, 0.717) is 6.04 Å². The third kappa shape index (κ3) is 2.16. The number of rotatable bonds is 4. The molecule has 1 aliphatic rings. The highest BCUT2D eigenvalue weighted by atomic mass is 16.5. The van der Waals surface area contributed by atoms with E-state index in [-0.39, 0.29) is 0 Å². The van der Waals surface area contributed by atoms with E-state index < -0.39 is 0 Å². The number of hydrogen-bond donors (Lipinski definition) is 0. The summed E-state index contributed by atoms with van der Waals surface area (Å²) in [6.07, 6.45) is 6.09. The van der Waals surface area contributed by atoms with E-state index in [1.165, 1.54) is 0 Å². The zero-order chi connectivity index (χ0) is 12.4. The van der Waals surface area contributed by atoms with E-state index in [9.17, 15) is 0 Å². The molecule has 0 radical (unpaired) electrons. The van der Waals surface area contributed by atoms with Gasteiger partial charge >= 0.3 is 0 Å². The van der Waals surface area contributed by atoms with Gasteiger partial charge in [0.1, 0.15) is 0 Å². The van der Waals surface area contributed by atoms with Crippen molar-refractivity contribution < 1.29 is 4.74 Å². The number of nitrogens with zero attached hydrogens (tertiary/aromatic N) is 3. The minimum atomic E-state index is 0.401. The fraction of sp³-hybridized carbons (Fsp3) is 0.429. The molecule has 94 valence electrons. The fourth-order valence-electron chi connectivity index (χ4n) is 2.08. The second-order valence-electron chi connectivity index (χ2n) is 4.66. The lowest BCUT2D eigenvalue weighted by Gasteiger charge is -2.25. The molecule has 0 N–H and O–H groups in total. The standard InChI is InChI=1S/C14H17N3O/c1-2-4-12-5-3-6-14(16-12)11-7-15-17(8-11)13-9-18-10-13/h3,5-8,13H,2,4,9-10H2,1H3. The van der Waals surface area contributed by atoms with Crippen LogP contribution in [0.15, 0.2) is 30.6 Å². The van der Waals surface area contributed by atoms with Crippen LogP contribution in [0.1, 0.15) is 25.1 Å². The number of ether oxygens (including phenoxy) is 1. The number of pyridine rings is 1. The number of aromatic nitrogens is 3. The van der Waals surface area contributed by atoms with E-state index in [2.05, 4.69) is 35.3 Å². The van der Waals surface area contributed by atoms with Crippen molar-refractivity contribution in [1.29, 1.82) is 0 Å². The van der Waals surface area contributed by atoms with Crippen molar-refractivity contribution in [3.05, 3.63) is 36.3 Å². The lowest BCUT2D eigenvalue weighted by atomic mass is 10.2. The van der Waals surface area contributed by atoms with Gasteiger partial charge in [-0.3, -0.25) is 9.67 Å². The topological polar surface area (TPSA) is 39.9 Å². The normalized spacial score (nSPS) is 15.6. The van der Waals surface area contributed by atoms with Crippen molar-refractivity contribution in [2.45, 2.75) is 25.8 Å². The van der Waals surface area contributed by atoms with Gasteiger partial charge in [-0.2, -0.15) is 5.10 Å². The highest BCUT2D eigenvalue weighted by molar-refractivity contribution is 5.56. The quantitative estimate of drug-likeness (QED) is 0.828. The van der Waals surface area contributed by atoms with Crippen LogP contribution < -0.4 is 0 Å². The minimum absolute atomic E-state index is 0.401. The summed E-state index contributed by atoms with van der Waals surface area (Å²) < 4.78 is 7.16. The molecule has 3 rings (SSSR count). The maximum Gasteiger partial charge on any atom is 0.0985 e. The van der Waals surface area contributed by atoms with Gasteiger partial charge in [-0.1, -0.05) is 19.4 Å². The SMILES string of the molecule is CCCc1cccc(-c2cnn(C3COC3)c2)n1. The Morgan fingerprint density at radius 1 is 1.39 bits per heavy atom. The molecule has 1 aliphatic heterocycles. The maximum absolute atomic E-state index is 5.18. The van der Waals surface area contributed by atoms with E-state index in [0.717, 1.165) is 43.0 Å². The molecule has 4 nitrogen and oxygen atoms in total. The van der Waals surface area contributed by atoms with Crippen LogP contribution in [0.4, 0.5) is 0 Å². The van der Waals surface area contributed by atoms with Gasteiger partial charge in [-0.05, 0) is 18.6 Å². The monoisotopic (exact) mass is 243 g/mol. The molecule has 0 aliphatic carbocycles. The molecule has 1 fully saturated rings.